The van der Waals surface area contributed by atoms with Crippen molar-refractivity contribution in [2.75, 3.05) is 18.2 Å². The molecule has 0 spiro atoms. The van der Waals surface area contributed by atoms with E-state index < -0.39 is 16.1 Å². The Labute approximate surface area is 179 Å². The van der Waals surface area contributed by atoms with Crippen LogP contribution in [0.2, 0.25) is 0 Å². The lowest BCUT2D eigenvalue weighted by Gasteiger charge is -2.30. The van der Waals surface area contributed by atoms with Crippen molar-refractivity contribution in [3.63, 3.8) is 0 Å². The van der Waals surface area contributed by atoms with Crippen molar-refractivity contribution < 1.29 is 13.5 Å². The van der Waals surface area contributed by atoms with E-state index in [-0.39, 0.29) is 23.4 Å². The van der Waals surface area contributed by atoms with Gasteiger partial charge in [-0.25, -0.2) is 8.42 Å². The quantitative estimate of drug-likeness (QED) is 0.454. The number of aliphatic hydroxyl groups is 1. The van der Waals surface area contributed by atoms with Crippen LogP contribution in [0.4, 0.5) is 5.69 Å². The summed E-state index contributed by atoms with van der Waals surface area (Å²) >= 11 is 0. The van der Waals surface area contributed by atoms with Gasteiger partial charge < -0.3 is 10.2 Å². The van der Waals surface area contributed by atoms with Crippen LogP contribution in [-0.4, -0.2) is 43.1 Å². The van der Waals surface area contributed by atoms with Crippen molar-refractivity contribution in [3.8, 4) is 0 Å². The third kappa shape index (κ3) is 6.99. The molecule has 0 aliphatic heterocycles. The smallest absolute Gasteiger partial charge is 0.243 e. The Kier molecular flexibility index (Phi) is 9.48. The standard InChI is InChI=1S/C20H31N3O3P2S/c1-15(2)13-23(29(25,26)18-10-8-17(21-27)9-11-18)14-20(24)19(22-28)12-16-6-4-3-5-7-16/h3-11,15,19-22,24H,12-14,27-28H2,1-2H3/t19-,20+/m0/s1. The minimum atomic E-state index is -3.73. The van der Waals surface area contributed by atoms with Crippen LogP contribution >= 0.6 is 18.8 Å². The maximum atomic E-state index is 13.2. The molecule has 0 aliphatic carbocycles. The Morgan fingerprint density at radius 1 is 1.00 bits per heavy atom. The molecule has 2 unspecified atom stereocenters. The van der Waals surface area contributed by atoms with Gasteiger partial charge in [-0.1, -0.05) is 53.6 Å². The molecule has 0 aliphatic rings. The zero-order chi connectivity index (χ0) is 21.4. The van der Waals surface area contributed by atoms with Crippen molar-refractivity contribution >= 4 is 34.5 Å². The molecule has 6 nitrogen and oxygen atoms in total. The van der Waals surface area contributed by atoms with Crippen LogP contribution in [0.15, 0.2) is 59.5 Å². The van der Waals surface area contributed by atoms with Gasteiger partial charge in [0.15, 0.2) is 0 Å². The van der Waals surface area contributed by atoms with E-state index in [0.29, 0.717) is 13.0 Å². The summed E-state index contributed by atoms with van der Waals surface area (Å²) in [5, 5.41) is 16.8. The zero-order valence-corrected chi connectivity index (χ0v) is 19.9. The Bertz CT molecular complexity index is 849. The van der Waals surface area contributed by atoms with E-state index in [1.165, 1.54) is 4.31 Å². The van der Waals surface area contributed by atoms with Crippen molar-refractivity contribution in [2.24, 2.45) is 5.92 Å². The van der Waals surface area contributed by atoms with Crippen LogP contribution in [0.5, 0.6) is 0 Å². The predicted molar refractivity (Wildman–Crippen MR) is 126 cm³/mol. The van der Waals surface area contributed by atoms with Crippen LogP contribution in [0, 0.1) is 5.92 Å². The molecule has 0 saturated carbocycles. The maximum Gasteiger partial charge on any atom is 0.243 e. The fraction of sp³-hybridized carbons (Fsp3) is 0.400. The topological polar surface area (TPSA) is 81.7 Å². The summed E-state index contributed by atoms with van der Waals surface area (Å²) < 4.78 is 27.9. The number of anilines is 1. The van der Waals surface area contributed by atoms with Crippen LogP contribution in [-0.2, 0) is 16.4 Å². The second-order valence-corrected chi connectivity index (χ2v) is 9.97. The van der Waals surface area contributed by atoms with E-state index in [9.17, 15) is 13.5 Å². The minimum absolute atomic E-state index is 0.0169. The molecular formula is C20H31N3O3P2S. The third-order valence-corrected chi connectivity index (χ3v) is 7.20. The van der Waals surface area contributed by atoms with Gasteiger partial charge in [-0.2, -0.15) is 4.31 Å². The van der Waals surface area contributed by atoms with Crippen molar-refractivity contribution in [1.82, 2.24) is 9.39 Å². The highest BCUT2D eigenvalue weighted by molar-refractivity contribution is 7.89. The SMILES string of the molecule is CC(C)CN(C[C@@H](O)[C@H](Cc1ccccc1)NP)S(=O)(=O)c1ccc(NP)cc1. The summed E-state index contributed by atoms with van der Waals surface area (Å²) in [6.07, 6.45) is -0.274. The first-order chi connectivity index (χ1) is 13.8. The zero-order valence-electron chi connectivity index (χ0n) is 16.8. The lowest BCUT2D eigenvalue weighted by molar-refractivity contribution is 0.111. The predicted octanol–water partition coefficient (Wildman–Crippen LogP) is 2.89. The Morgan fingerprint density at radius 3 is 2.14 bits per heavy atom. The normalized spacial score (nSPS) is 14.2. The first kappa shape index (κ1) is 24.2. The van der Waals surface area contributed by atoms with E-state index >= 15 is 0 Å². The van der Waals surface area contributed by atoms with E-state index in [4.69, 9.17) is 0 Å². The number of nitrogens with one attached hydrogen (secondary N) is 2. The summed E-state index contributed by atoms with van der Waals surface area (Å²) in [6.45, 7) is 4.28. The summed E-state index contributed by atoms with van der Waals surface area (Å²) in [7, 11) is 1.09. The van der Waals surface area contributed by atoms with Crippen LogP contribution in [0.25, 0.3) is 0 Å². The molecule has 4 atom stereocenters. The lowest BCUT2D eigenvalue weighted by Crippen LogP contribution is -2.47. The third-order valence-electron chi connectivity index (χ3n) is 4.60. The molecule has 0 amide bonds. The fourth-order valence-electron chi connectivity index (χ4n) is 3.06. The molecule has 2 aromatic carbocycles. The Morgan fingerprint density at radius 2 is 1.62 bits per heavy atom. The summed E-state index contributed by atoms with van der Waals surface area (Å²) in [5.74, 6) is 0.126. The molecule has 2 aromatic rings. The minimum Gasteiger partial charge on any atom is -0.390 e. The lowest BCUT2D eigenvalue weighted by atomic mass is 10.0. The van der Waals surface area contributed by atoms with Gasteiger partial charge in [0.25, 0.3) is 0 Å². The number of benzene rings is 2. The molecule has 0 heterocycles. The van der Waals surface area contributed by atoms with Gasteiger partial charge in [0, 0.05) is 24.8 Å². The first-order valence-corrected chi connectivity index (χ1v) is 12.1. The van der Waals surface area contributed by atoms with E-state index in [0.717, 1.165) is 11.3 Å². The molecule has 0 aromatic heterocycles. The summed E-state index contributed by atoms with van der Waals surface area (Å²) in [4.78, 5) is 0.216. The van der Waals surface area contributed by atoms with Gasteiger partial charge in [-0.3, -0.25) is 5.09 Å². The van der Waals surface area contributed by atoms with Crippen molar-refractivity contribution in [1.29, 1.82) is 0 Å². The maximum absolute atomic E-state index is 13.2. The molecule has 9 heteroatoms. The van der Waals surface area contributed by atoms with Crippen LogP contribution in [0.3, 0.4) is 0 Å². The highest BCUT2D eigenvalue weighted by Crippen LogP contribution is 2.21. The van der Waals surface area contributed by atoms with E-state index in [1.54, 1.807) is 24.3 Å². The van der Waals surface area contributed by atoms with Gasteiger partial charge in [0.05, 0.1) is 11.0 Å². The number of hydrogen-bond acceptors (Lipinski definition) is 5. The highest BCUT2D eigenvalue weighted by atomic mass is 32.2. The monoisotopic (exact) mass is 455 g/mol. The average molecular weight is 456 g/mol. The van der Waals surface area contributed by atoms with Crippen molar-refractivity contribution in [2.45, 2.75) is 37.3 Å². The fourth-order valence-corrected chi connectivity index (χ4v) is 5.21. The molecule has 160 valence electrons. The largest absolute Gasteiger partial charge is 0.390 e. The number of hydrogen-bond donors (Lipinski definition) is 3. The molecule has 29 heavy (non-hydrogen) atoms. The Hall–Kier alpha value is -1.07. The van der Waals surface area contributed by atoms with Gasteiger partial charge in [-0.05, 0) is 51.6 Å². The van der Waals surface area contributed by atoms with Crippen LogP contribution in [0.1, 0.15) is 19.4 Å². The second kappa shape index (κ2) is 11.4. The summed E-state index contributed by atoms with van der Waals surface area (Å²) in [5.41, 5.74) is 1.88. The molecule has 0 saturated heterocycles. The van der Waals surface area contributed by atoms with Crippen molar-refractivity contribution in [3.05, 3.63) is 60.2 Å². The summed E-state index contributed by atoms with van der Waals surface area (Å²) in [6, 6.07) is 16.1. The number of sulfonamides is 1. The Balaban J connectivity index is 2.21. The highest BCUT2D eigenvalue weighted by Gasteiger charge is 2.30. The number of rotatable bonds is 11. The van der Waals surface area contributed by atoms with E-state index in [2.05, 4.69) is 29.0 Å². The molecule has 0 fully saturated rings. The molecule has 3 N–H and O–H groups in total. The second-order valence-electron chi connectivity index (χ2n) is 7.41. The van der Waals surface area contributed by atoms with Gasteiger partial charge in [0.2, 0.25) is 10.0 Å². The van der Waals surface area contributed by atoms with Gasteiger partial charge in [-0.15, -0.1) is 0 Å². The number of nitrogens with zero attached hydrogens (tertiary/aromatic N) is 1. The van der Waals surface area contributed by atoms with E-state index in [1.807, 2.05) is 44.2 Å². The molecule has 0 bridgehead atoms. The average Bonchev–Trinajstić information content (AvgIpc) is 2.71. The van der Waals surface area contributed by atoms with Gasteiger partial charge in [0.1, 0.15) is 0 Å². The number of aliphatic hydroxyl groups excluding tert-OH is 1. The first-order valence-electron chi connectivity index (χ1n) is 9.53. The molecular weight excluding hydrogens is 424 g/mol. The van der Waals surface area contributed by atoms with Crippen LogP contribution < -0.4 is 10.2 Å². The van der Waals surface area contributed by atoms with Gasteiger partial charge >= 0.3 is 0 Å². The molecule has 0 radical (unpaired) electrons. The molecule has 2 rings (SSSR count).